The molecule has 2 nitrogen and oxygen atoms in total. The molecule has 1 N–H and O–H groups in total. The molecule has 1 aliphatic rings. The molecule has 0 spiro atoms. The third kappa shape index (κ3) is 3.11. The molecule has 2 aromatic rings. The third-order valence-electron chi connectivity index (χ3n) is 3.47. The quantitative estimate of drug-likeness (QED) is 0.903. The van der Waals surface area contributed by atoms with Crippen molar-refractivity contribution in [3.63, 3.8) is 0 Å². The zero-order valence-electron chi connectivity index (χ0n) is 11.5. The van der Waals surface area contributed by atoms with Crippen molar-refractivity contribution in [1.29, 1.82) is 0 Å². The summed E-state index contributed by atoms with van der Waals surface area (Å²) in [6, 6.07) is 5.40. The molecule has 0 atom stereocenters. The molecule has 3 rings (SSSR count). The van der Waals surface area contributed by atoms with Crippen LogP contribution in [0.3, 0.4) is 0 Å². The minimum absolute atomic E-state index is 0.490. The molecule has 0 saturated heterocycles. The Balaban J connectivity index is 1.98. The first-order valence-electron chi connectivity index (χ1n) is 6.81. The van der Waals surface area contributed by atoms with Crippen LogP contribution in [0.4, 0.5) is 13.2 Å². The van der Waals surface area contributed by atoms with E-state index in [4.69, 9.17) is 0 Å². The van der Waals surface area contributed by atoms with Gasteiger partial charge in [0.1, 0.15) is 5.01 Å². The van der Waals surface area contributed by atoms with Gasteiger partial charge in [-0.2, -0.15) is 13.2 Å². The van der Waals surface area contributed by atoms with Gasteiger partial charge in [-0.05, 0) is 32.0 Å². The van der Waals surface area contributed by atoms with Gasteiger partial charge in [-0.1, -0.05) is 12.1 Å². The molecule has 1 heterocycles. The van der Waals surface area contributed by atoms with E-state index in [1.54, 1.807) is 6.07 Å². The summed E-state index contributed by atoms with van der Waals surface area (Å²) < 4.78 is 38.4. The molecular weight excluding hydrogens is 297 g/mol. The first-order valence-corrected chi connectivity index (χ1v) is 7.62. The maximum atomic E-state index is 12.8. The fourth-order valence-electron chi connectivity index (χ4n) is 2.28. The lowest BCUT2D eigenvalue weighted by atomic mass is 10.1. The predicted molar refractivity (Wildman–Crippen MR) is 77.3 cm³/mol. The van der Waals surface area contributed by atoms with E-state index in [0.717, 1.165) is 29.5 Å². The van der Waals surface area contributed by atoms with Crippen LogP contribution in [0.2, 0.25) is 0 Å². The highest BCUT2D eigenvalue weighted by molar-refractivity contribution is 7.15. The summed E-state index contributed by atoms with van der Waals surface area (Å²) >= 11 is 1.48. The summed E-state index contributed by atoms with van der Waals surface area (Å²) in [7, 11) is 1.86. The Morgan fingerprint density at radius 2 is 2.10 bits per heavy atom. The van der Waals surface area contributed by atoms with Crippen LogP contribution in [0.15, 0.2) is 24.3 Å². The Bertz CT molecular complexity index is 645. The monoisotopic (exact) mass is 312 g/mol. The van der Waals surface area contributed by atoms with Crippen molar-refractivity contribution >= 4 is 11.3 Å². The van der Waals surface area contributed by atoms with E-state index in [2.05, 4.69) is 10.3 Å². The van der Waals surface area contributed by atoms with E-state index < -0.39 is 11.7 Å². The average Bonchev–Trinajstić information content (AvgIpc) is 3.20. The third-order valence-corrected chi connectivity index (χ3v) is 4.59. The van der Waals surface area contributed by atoms with Gasteiger partial charge in [0.15, 0.2) is 0 Å². The molecule has 1 aromatic heterocycles. The highest BCUT2D eigenvalue weighted by Gasteiger charge is 2.32. The van der Waals surface area contributed by atoms with E-state index in [-0.39, 0.29) is 0 Å². The van der Waals surface area contributed by atoms with Gasteiger partial charge in [0.2, 0.25) is 0 Å². The first kappa shape index (κ1) is 14.5. The molecule has 1 fully saturated rings. The van der Waals surface area contributed by atoms with Crippen LogP contribution in [0.5, 0.6) is 0 Å². The van der Waals surface area contributed by atoms with Gasteiger partial charge in [-0.25, -0.2) is 4.98 Å². The number of halogens is 3. The molecule has 0 bridgehead atoms. The highest BCUT2D eigenvalue weighted by Crippen LogP contribution is 2.44. The Hall–Kier alpha value is -1.40. The van der Waals surface area contributed by atoms with Crippen LogP contribution in [-0.4, -0.2) is 12.0 Å². The molecule has 112 valence electrons. The lowest BCUT2D eigenvalue weighted by Crippen LogP contribution is -2.05. The lowest BCUT2D eigenvalue weighted by molar-refractivity contribution is -0.137. The van der Waals surface area contributed by atoms with Crippen LogP contribution in [-0.2, 0) is 12.7 Å². The molecule has 1 aromatic carbocycles. The number of thiazole rings is 1. The van der Waals surface area contributed by atoms with Gasteiger partial charge >= 0.3 is 6.18 Å². The van der Waals surface area contributed by atoms with Crippen LogP contribution in [0, 0.1) is 0 Å². The van der Waals surface area contributed by atoms with E-state index >= 15 is 0 Å². The fourth-order valence-corrected chi connectivity index (χ4v) is 3.43. The van der Waals surface area contributed by atoms with Crippen molar-refractivity contribution in [2.75, 3.05) is 7.05 Å². The fraction of sp³-hybridized carbons (Fsp3) is 0.400. The van der Waals surface area contributed by atoms with Crippen molar-refractivity contribution in [3.05, 3.63) is 40.4 Å². The average molecular weight is 312 g/mol. The van der Waals surface area contributed by atoms with E-state index in [9.17, 15) is 13.2 Å². The zero-order chi connectivity index (χ0) is 15.0. The topological polar surface area (TPSA) is 24.9 Å². The van der Waals surface area contributed by atoms with E-state index in [1.807, 2.05) is 7.05 Å². The maximum Gasteiger partial charge on any atom is 0.416 e. The second kappa shape index (κ2) is 5.42. The Kier molecular flexibility index (Phi) is 3.75. The Morgan fingerprint density at radius 3 is 2.71 bits per heavy atom. The molecule has 0 aliphatic heterocycles. The van der Waals surface area contributed by atoms with Crippen molar-refractivity contribution in [2.45, 2.75) is 31.5 Å². The molecule has 1 aliphatic carbocycles. The van der Waals surface area contributed by atoms with Gasteiger partial charge in [0, 0.05) is 22.9 Å². The smallest absolute Gasteiger partial charge is 0.315 e. The summed E-state index contributed by atoms with van der Waals surface area (Å²) in [5.74, 6) is 0.490. The number of nitrogens with one attached hydrogen (secondary N) is 1. The summed E-state index contributed by atoms with van der Waals surface area (Å²) in [5.41, 5.74) is 0.971. The first-order chi connectivity index (χ1) is 9.99. The van der Waals surface area contributed by atoms with Crippen molar-refractivity contribution < 1.29 is 13.2 Å². The minimum Gasteiger partial charge on any atom is -0.315 e. The SMILES string of the molecule is CNCc1sc(-c2cccc(C(F)(F)F)c2)nc1C1CC1. The number of alkyl halides is 3. The standard InChI is InChI=1S/C15H15F3N2S/c1-19-8-12-13(9-5-6-9)20-14(21-12)10-3-2-4-11(7-10)15(16,17)18/h2-4,7,9,19H,5-6,8H2,1H3. The summed E-state index contributed by atoms with van der Waals surface area (Å²) in [4.78, 5) is 5.73. The summed E-state index contributed by atoms with van der Waals surface area (Å²) in [6.45, 7) is 0.711. The van der Waals surface area contributed by atoms with Crippen molar-refractivity contribution in [2.24, 2.45) is 0 Å². The van der Waals surface area contributed by atoms with Gasteiger partial charge in [-0.3, -0.25) is 0 Å². The molecule has 0 radical (unpaired) electrons. The largest absolute Gasteiger partial charge is 0.416 e. The number of benzene rings is 1. The minimum atomic E-state index is -4.32. The van der Waals surface area contributed by atoms with E-state index in [0.29, 0.717) is 23.0 Å². The second-order valence-corrected chi connectivity index (χ2v) is 6.29. The molecule has 0 unspecified atom stereocenters. The van der Waals surface area contributed by atoms with Crippen LogP contribution in [0.1, 0.15) is 34.9 Å². The molecule has 1 saturated carbocycles. The number of nitrogens with zero attached hydrogens (tertiary/aromatic N) is 1. The van der Waals surface area contributed by atoms with Crippen molar-refractivity contribution in [3.8, 4) is 10.6 Å². The Morgan fingerprint density at radius 1 is 1.33 bits per heavy atom. The molecular formula is C15H15F3N2S. The molecule has 0 amide bonds. The Labute approximate surface area is 125 Å². The lowest BCUT2D eigenvalue weighted by Gasteiger charge is -2.07. The second-order valence-electron chi connectivity index (χ2n) is 5.21. The van der Waals surface area contributed by atoms with E-state index in [1.165, 1.54) is 23.5 Å². The predicted octanol–water partition coefficient (Wildman–Crippen LogP) is 4.43. The summed E-state index contributed by atoms with van der Waals surface area (Å²) in [6.07, 6.45) is -2.06. The number of aromatic nitrogens is 1. The maximum absolute atomic E-state index is 12.8. The van der Waals surface area contributed by atoms with Gasteiger partial charge in [0.05, 0.1) is 11.3 Å². The zero-order valence-corrected chi connectivity index (χ0v) is 12.3. The van der Waals surface area contributed by atoms with Crippen molar-refractivity contribution in [1.82, 2.24) is 10.3 Å². The molecule has 6 heteroatoms. The van der Waals surface area contributed by atoms with Gasteiger partial charge < -0.3 is 5.32 Å². The van der Waals surface area contributed by atoms with Crippen LogP contribution >= 0.6 is 11.3 Å². The normalized spacial score (nSPS) is 15.4. The van der Waals surface area contributed by atoms with Crippen LogP contribution in [0.25, 0.3) is 10.6 Å². The number of hydrogen-bond acceptors (Lipinski definition) is 3. The number of hydrogen-bond donors (Lipinski definition) is 1. The van der Waals surface area contributed by atoms with Crippen LogP contribution < -0.4 is 5.32 Å². The molecule has 21 heavy (non-hydrogen) atoms. The highest BCUT2D eigenvalue weighted by atomic mass is 32.1. The summed E-state index contributed by atoms with van der Waals surface area (Å²) in [5, 5.41) is 3.77. The van der Waals surface area contributed by atoms with Gasteiger partial charge in [-0.15, -0.1) is 11.3 Å². The number of rotatable bonds is 4. The van der Waals surface area contributed by atoms with Gasteiger partial charge in [0.25, 0.3) is 0 Å².